The monoisotopic (exact) mass is 168 g/mol. The van der Waals surface area contributed by atoms with Crippen molar-refractivity contribution in [2.75, 3.05) is 0 Å². The van der Waals surface area contributed by atoms with Crippen LogP contribution in [0.25, 0.3) is 0 Å². The predicted molar refractivity (Wildman–Crippen MR) is 42.3 cm³/mol. The molecule has 2 unspecified atom stereocenters. The normalized spacial score (nSPS) is 45.6. The summed E-state index contributed by atoms with van der Waals surface area (Å²) in [6.07, 6.45) is 2.32. The summed E-state index contributed by atoms with van der Waals surface area (Å²) in [6, 6.07) is 0. The van der Waals surface area contributed by atoms with Crippen LogP contribution in [0, 0.1) is 11.8 Å². The van der Waals surface area contributed by atoms with Crippen LogP contribution < -0.4 is 0 Å². The summed E-state index contributed by atoms with van der Waals surface area (Å²) in [7, 11) is 0. The molecule has 1 N–H and O–H groups in total. The molecule has 3 nitrogen and oxygen atoms in total. The molecule has 1 heterocycles. The van der Waals surface area contributed by atoms with Crippen LogP contribution in [0.15, 0.2) is 12.7 Å². The third kappa shape index (κ3) is 0.966. The molecule has 4 atom stereocenters. The van der Waals surface area contributed by atoms with Gasteiger partial charge >= 0.3 is 5.97 Å². The van der Waals surface area contributed by atoms with Gasteiger partial charge in [0.05, 0.1) is 12.5 Å². The average Bonchev–Trinajstić information content (AvgIpc) is 2.43. The number of carbonyl (C=O) groups is 1. The van der Waals surface area contributed by atoms with Gasteiger partial charge in [-0.2, -0.15) is 0 Å². The number of aliphatic hydroxyl groups excluding tert-OH is 1. The zero-order valence-electron chi connectivity index (χ0n) is 6.77. The second-order valence-electron chi connectivity index (χ2n) is 3.51. The van der Waals surface area contributed by atoms with E-state index in [1.165, 1.54) is 0 Å². The predicted octanol–water partition coefficient (Wildman–Crippen LogP) is 0.485. The van der Waals surface area contributed by atoms with Gasteiger partial charge in [0, 0.05) is 18.3 Å². The lowest BCUT2D eigenvalue weighted by Crippen LogP contribution is -2.17. The minimum absolute atomic E-state index is 0.0430. The maximum atomic E-state index is 10.9. The molecule has 0 aromatic carbocycles. The molecule has 12 heavy (non-hydrogen) atoms. The summed E-state index contributed by atoms with van der Waals surface area (Å²) in [4.78, 5) is 10.9. The first kappa shape index (κ1) is 7.80. The van der Waals surface area contributed by atoms with Crippen molar-refractivity contribution in [1.82, 2.24) is 0 Å². The fourth-order valence-electron chi connectivity index (χ4n) is 2.25. The Hall–Kier alpha value is -0.830. The minimum Gasteiger partial charge on any atom is -0.462 e. The lowest BCUT2D eigenvalue weighted by molar-refractivity contribution is -0.141. The van der Waals surface area contributed by atoms with Gasteiger partial charge in [-0.3, -0.25) is 4.79 Å². The Kier molecular flexibility index (Phi) is 1.68. The van der Waals surface area contributed by atoms with Crippen LogP contribution in [0.4, 0.5) is 0 Å². The third-order valence-electron chi connectivity index (χ3n) is 2.85. The molecule has 2 fully saturated rings. The Morgan fingerprint density at radius 1 is 1.67 bits per heavy atom. The Morgan fingerprint density at radius 2 is 2.42 bits per heavy atom. The molecular formula is C9H12O3. The summed E-state index contributed by atoms with van der Waals surface area (Å²) < 4.78 is 5.04. The van der Waals surface area contributed by atoms with Gasteiger partial charge in [0.25, 0.3) is 0 Å². The summed E-state index contributed by atoms with van der Waals surface area (Å²) in [6.45, 7) is 3.65. The highest BCUT2D eigenvalue weighted by atomic mass is 16.6. The van der Waals surface area contributed by atoms with E-state index in [-0.39, 0.29) is 30.0 Å². The van der Waals surface area contributed by atoms with E-state index in [2.05, 4.69) is 6.58 Å². The van der Waals surface area contributed by atoms with Crippen LogP contribution in [0.2, 0.25) is 0 Å². The molecule has 0 amide bonds. The molecular weight excluding hydrogens is 156 g/mol. The van der Waals surface area contributed by atoms with Crippen molar-refractivity contribution in [3.8, 4) is 0 Å². The highest BCUT2D eigenvalue weighted by Gasteiger charge is 2.48. The number of aliphatic hydroxyl groups is 1. The van der Waals surface area contributed by atoms with Gasteiger partial charge in [0.1, 0.15) is 6.10 Å². The number of hydrogen-bond acceptors (Lipinski definition) is 3. The Balaban J connectivity index is 2.16. The molecule has 2 rings (SSSR count). The molecule has 1 aliphatic carbocycles. The topological polar surface area (TPSA) is 46.5 Å². The summed E-state index contributed by atoms with van der Waals surface area (Å²) in [5.74, 6) is 0.0789. The van der Waals surface area contributed by atoms with Gasteiger partial charge in [-0.1, -0.05) is 6.08 Å². The van der Waals surface area contributed by atoms with Gasteiger partial charge in [0.2, 0.25) is 0 Å². The van der Waals surface area contributed by atoms with Crippen molar-refractivity contribution in [3.05, 3.63) is 12.7 Å². The molecule has 2 aliphatic rings. The molecule has 3 heteroatoms. The number of carbonyl (C=O) groups excluding carboxylic acids is 1. The van der Waals surface area contributed by atoms with Gasteiger partial charge in [-0.15, -0.1) is 6.58 Å². The van der Waals surface area contributed by atoms with E-state index in [1.54, 1.807) is 6.08 Å². The molecule has 0 aromatic heterocycles. The van der Waals surface area contributed by atoms with Crippen LogP contribution in [0.3, 0.4) is 0 Å². The molecule has 0 radical (unpaired) electrons. The van der Waals surface area contributed by atoms with Gasteiger partial charge < -0.3 is 9.84 Å². The smallest absolute Gasteiger partial charge is 0.306 e. The van der Waals surface area contributed by atoms with Crippen molar-refractivity contribution in [2.24, 2.45) is 11.8 Å². The van der Waals surface area contributed by atoms with E-state index >= 15 is 0 Å². The van der Waals surface area contributed by atoms with Crippen molar-refractivity contribution in [2.45, 2.75) is 25.0 Å². The Morgan fingerprint density at radius 3 is 3.08 bits per heavy atom. The van der Waals surface area contributed by atoms with Gasteiger partial charge in [-0.25, -0.2) is 0 Å². The fourth-order valence-corrected chi connectivity index (χ4v) is 2.25. The quantitative estimate of drug-likeness (QED) is 0.457. The van der Waals surface area contributed by atoms with Crippen molar-refractivity contribution >= 4 is 5.97 Å². The van der Waals surface area contributed by atoms with Gasteiger partial charge in [-0.05, 0) is 0 Å². The Bertz CT molecular complexity index is 224. The van der Waals surface area contributed by atoms with Gasteiger partial charge in [0.15, 0.2) is 0 Å². The second kappa shape index (κ2) is 2.59. The first-order valence-corrected chi connectivity index (χ1v) is 4.22. The zero-order valence-corrected chi connectivity index (χ0v) is 6.77. The van der Waals surface area contributed by atoms with E-state index in [9.17, 15) is 9.90 Å². The molecule has 0 aromatic rings. The number of esters is 1. The average molecular weight is 168 g/mol. The first-order valence-electron chi connectivity index (χ1n) is 4.22. The maximum absolute atomic E-state index is 10.9. The molecule has 1 saturated heterocycles. The van der Waals surface area contributed by atoms with Crippen molar-refractivity contribution in [3.63, 3.8) is 0 Å². The largest absolute Gasteiger partial charge is 0.462 e. The van der Waals surface area contributed by atoms with E-state index in [1.807, 2.05) is 0 Å². The Labute approximate surface area is 71.0 Å². The summed E-state index contributed by atoms with van der Waals surface area (Å²) in [5, 5.41) is 9.52. The lowest BCUT2D eigenvalue weighted by atomic mass is 9.92. The number of hydrogen-bond donors (Lipinski definition) is 1. The van der Waals surface area contributed by atoms with Crippen LogP contribution in [-0.4, -0.2) is 23.3 Å². The van der Waals surface area contributed by atoms with E-state index in [0.29, 0.717) is 12.8 Å². The van der Waals surface area contributed by atoms with Crippen LogP contribution in [0.5, 0.6) is 0 Å². The molecule has 0 bridgehead atoms. The van der Waals surface area contributed by atoms with Crippen molar-refractivity contribution < 1.29 is 14.6 Å². The summed E-state index contributed by atoms with van der Waals surface area (Å²) >= 11 is 0. The fraction of sp³-hybridized carbons (Fsp3) is 0.667. The maximum Gasteiger partial charge on any atom is 0.306 e. The van der Waals surface area contributed by atoms with Crippen molar-refractivity contribution in [1.29, 1.82) is 0 Å². The number of ether oxygens (including phenoxy) is 1. The third-order valence-corrected chi connectivity index (χ3v) is 2.85. The van der Waals surface area contributed by atoms with E-state index < -0.39 is 0 Å². The molecule has 1 saturated carbocycles. The molecule has 1 aliphatic heterocycles. The highest BCUT2D eigenvalue weighted by Crippen LogP contribution is 2.41. The highest BCUT2D eigenvalue weighted by molar-refractivity contribution is 5.72. The first-order chi connectivity index (χ1) is 5.72. The SMILES string of the molecule is C=CC1C(O)C[C@@H]2OC(=O)C[C@H]12. The lowest BCUT2D eigenvalue weighted by Gasteiger charge is -2.12. The zero-order chi connectivity index (χ0) is 8.72. The number of fused-ring (bicyclic) bond motifs is 1. The summed E-state index contributed by atoms with van der Waals surface area (Å²) in [5.41, 5.74) is 0. The van der Waals surface area contributed by atoms with Crippen LogP contribution >= 0.6 is 0 Å². The van der Waals surface area contributed by atoms with E-state index in [0.717, 1.165) is 0 Å². The molecule has 66 valence electrons. The molecule has 0 spiro atoms. The van der Waals surface area contributed by atoms with E-state index in [4.69, 9.17) is 4.74 Å². The minimum atomic E-state index is -0.370. The van der Waals surface area contributed by atoms with Crippen LogP contribution in [-0.2, 0) is 9.53 Å². The second-order valence-corrected chi connectivity index (χ2v) is 3.51. The number of rotatable bonds is 1. The standard InChI is InChI=1S/C9H12O3/c1-2-5-6-3-9(11)12-8(6)4-7(5)10/h2,5-8,10H,1,3-4H2/t5?,6-,7?,8+/m1/s1. The van der Waals surface area contributed by atoms with Crippen LogP contribution in [0.1, 0.15) is 12.8 Å².